The van der Waals surface area contributed by atoms with Crippen LogP contribution in [-0.2, 0) is 4.74 Å². The van der Waals surface area contributed by atoms with E-state index in [1.54, 1.807) is 31.4 Å². The van der Waals surface area contributed by atoms with Crippen molar-refractivity contribution in [2.24, 2.45) is 0 Å². The van der Waals surface area contributed by atoms with Crippen molar-refractivity contribution < 1.29 is 24.4 Å². The van der Waals surface area contributed by atoms with Gasteiger partial charge in [0.25, 0.3) is 0 Å². The molecule has 27 heavy (non-hydrogen) atoms. The predicted molar refractivity (Wildman–Crippen MR) is 94.1 cm³/mol. The molecule has 4 atom stereocenters. The first kappa shape index (κ1) is 17.5. The average molecular weight is 373 g/mol. The minimum absolute atomic E-state index is 0.0603. The third-order valence-corrected chi connectivity index (χ3v) is 4.47. The van der Waals surface area contributed by atoms with Crippen molar-refractivity contribution in [2.45, 2.75) is 24.5 Å². The topological polar surface area (TPSA) is 138 Å². The molecule has 0 aliphatic carbocycles. The summed E-state index contributed by atoms with van der Waals surface area (Å²) in [5, 5.41) is 20.8. The number of anilines is 1. The summed E-state index contributed by atoms with van der Waals surface area (Å²) >= 11 is 0. The van der Waals surface area contributed by atoms with Crippen molar-refractivity contribution in [3.63, 3.8) is 0 Å². The number of nitrogens with zero attached hydrogens (tertiary/aromatic N) is 4. The predicted octanol–water partition coefficient (Wildman–Crippen LogP) is 0.115. The lowest BCUT2D eigenvalue weighted by Gasteiger charge is -2.16. The van der Waals surface area contributed by atoms with Crippen LogP contribution in [0.1, 0.15) is 6.23 Å². The van der Waals surface area contributed by atoms with E-state index in [1.807, 2.05) is 0 Å². The second-order valence-electron chi connectivity index (χ2n) is 6.12. The van der Waals surface area contributed by atoms with Crippen LogP contribution in [0.5, 0.6) is 11.5 Å². The number of rotatable bonds is 5. The molecule has 10 nitrogen and oxygen atoms in total. The molecule has 1 saturated heterocycles. The van der Waals surface area contributed by atoms with Crippen LogP contribution in [0.15, 0.2) is 36.9 Å². The molecule has 0 saturated carbocycles. The van der Waals surface area contributed by atoms with Crippen LogP contribution < -0.4 is 15.2 Å². The number of methoxy groups -OCH3 is 1. The highest BCUT2D eigenvalue weighted by Crippen LogP contribution is 2.32. The first-order chi connectivity index (χ1) is 13.1. The molecule has 4 rings (SSSR count). The lowest BCUT2D eigenvalue weighted by Crippen LogP contribution is -2.34. The SMILES string of the molecule is COc1ccc(OC[C@H]2O[C@H](n3cnc4c(N)ncnc43)[C@H](O)[C@H]2O)cc1. The zero-order chi connectivity index (χ0) is 19.0. The van der Waals surface area contributed by atoms with E-state index in [4.69, 9.17) is 19.9 Å². The van der Waals surface area contributed by atoms with E-state index >= 15 is 0 Å². The lowest BCUT2D eigenvalue weighted by atomic mass is 10.1. The second-order valence-corrected chi connectivity index (χ2v) is 6.12. The highest BCUT2D eigenvalue weighted by molar-refractivity contribution is 5.81. The number of imidazole rings is 1. The van der Waals surface area contributed by atoms with Crippen LogP contribution in [0, 0.1) is 0 Å². The Morgan fingerprint density at radius 1 is 1.11 bits per heavy atom. The van der Waals surface area contributed by atoms with Crippen LogP contribution in [0.4, 0.5) is 5.82 Å². The largest absolute Gasteiger partial charge is 0.497 e. The van der Waals surface area contributed by atoms with Gasteiger partial charge in [0.1, 0.15) is 48.3 Å². The number of benzene rings is 1. The van der Waals surface area contributed by atoms with Crippen LogP contribution in [0.25, 0.3) is 11.2 Å². The fraction of sp³-hybridized carbons (Fsp3) is 0.353. The van der Waals surface area contributed by atoms with Gasteiger partial charge in [0.2, 0.25) is 0 Å². The quantitative estimate of drug-likeness (QED) is 0.569. The Morgan fingerprint density at radius 3 is 2.59 bits per heavy atom. The van der Waals surface area contributed by atoms with Crippen molar-refractivity contribution >= 4 is 17.0 Å². The Kier molecular flexibility index (Phi) is 4.52. The maximum atomic E-state index is 10.4. The molecule has 10 heteroatoms. The molecule has 3 aromatic rings. The number of nitrogen functional groups attached to an aromatic ring is 1. The third-order valence-electron chi connectivity index (χ3n) is 4.47. The van der Waals surface area contributed by atoms with Gasteiger partial charge in [-0.3, -0.25) is 4.57 Å². The van der Waals surface area contributed by atoms with Crippen molar-refractivity contribution in [3.8, 4) is 11.5 Å². The summed E-state index contributed by atoms with van der Waals surface area (Å²) < 4.78 is 18.1. The monoisotopic (exact) mass is 373 g/mol. The van der Waals surface area contributed by atoms with Gasteiger partial charge in [-0.15, -0.1) is 0 Å². The maximum absolute atomic E-state index is 10.4. The molecule has 0 unspecified atom stereocenters. The molecular formula is C17H19N5O5. The Bertz CT molecular complexity index is 931. The highest BCUT2D eigenvalue weighted by atomic mass is 16.6. The zero-order valence-corrected chi connectivity index (χ0v) is 14.5. The second kappa shape index (κ2) is 6.99. The van der Waals surface area contributed by atoms with Gasteiger partial charge in [-0.05, 0) is 24.3 Å². The maximum Gasteiger partial charge on any atom is 0.167 e. The Morgan fingerprint density at radius 2 is 1.85 bits per heavy atom. The fourth-order valence-corrected chi connectivity index (χ4v) is 3.00. The normalized spacial score (nSPS) is 25.0. The molecule has 4 N–H and O–H groups in total. The van der Waals surface area contributed by atoms with Crippen LogP contribution in [0.2, 0.25) is 0 Å². The van der Waals surface area contributed by atoms with Crippen molar-refractivity contribution in [2.75, 3.05) is 19.5 Å². The van der Waals surface area contributed by atoms with Gasteiger partial charge in [0.05, 0.1) is 13.4 Å². The first-order valence-corrected chi connectivity index (χ1v) is 8.30. The summed E-state index contributed by atoms with van der Waals surface area (Å²) in [5.74, 6) is 1.53. The van der Waals surface area contributed by atoms with E-state index < -0.39 is 24.5 Å². The molecule has 0 amide bonds. The summed E-state index contributed by atoms with van der Waals surface area (Å²) in [4.78, 5) is 12.2. The molecule has 0 bridgehead atoms. The average Bonchev–Trinajstić information content (AvgIpc) is 3.23. The number of nitrogens with two attached hydrogens (primary N) is 1. The molecule has 1 aliphatic rings. The van der Waals surface area contributed by atoms with Crippen LogP contribution in [0.3, 0.4) is 0 Å². The zero-order valence-electron chi connectivity index (χ0n) is 14.5. The van der Waals surface area contributed by atoms with Gasteiger partial charge in [-0.1, -0.05) is 0 Å². The number of aliphatic hydroxyl groups is 2. The Balaban J connectivity index is 1.49. The van der Waals surface area contributed by atoms with Gasteiger partial charge >= 0.3 is 0 Å². The van der Waals surface area contributed by atoms with Crippen LogP contribution in [-0.4, -0.2) is 61.8 Å². The standard InChI is InChI=1S/C17H19N5O5/c1-25-9-2-4-10(5-3-9)26-6-11-13(23)14(24)17(27-11)22-8-21-12-15(18)19-7-20-16(12)22/h2-5,7-8,11,13-14,17,23-24H,6H2,1H3,(H2,18,19,20)/t11-,13+,14-,17+/m1/s1. The number of aliphatic hydroxyl groups excluding tert-OH is 2. The number of fused-ring (bicyclic) bond motifs is 1. The molecule has 0 radical (unpaired) electrons. The smallest absolute Gasteiger partial charge is 0.167 e. The summed E-state index contributed by atoms with van der Waals surface area (Å²) in [6.07, 6.45) is -1.17. The van der Waals surface area contributed by atoms with Crippen molar-refractivity contribution in [3.05, 3.63) is 36.9 Å². The summed E-state index contributed by atoms with van der Waals surface area (Å²) in [7, 11) is 1.58. The van der Waals surface area contributed by atoms with Gasteiger partial charge < -0.3 is 30.2 Å². The number of ether oxygens (including phenoxy) is 3. The van der Waals surface area contributed by atoms with E-state index in [1.165, 1.54) is 17.2 Å². The van der Waals surface area contributed by atoms with E-state index in [9.17, 15) is 10.2 Å². The number of hydrogen-bond acceptors (Lipinski definition) is 9. The lowest BCUT2D eigenvalue weighted by molar-refractivity contribution is -0.0474. The molecule has 1 aromatic carbocycles. The molecule has 1 fully saturated rings. The molecule has 0 spiro atoms. The van der Waals surface area contributed by atoms with Gasteiger partial charge in [-0.2, -0.15) is 0 Å². The summed E-state index contributed by atoms with van der Waals surface area (Å²) in [6, 6.07) is 7.02. The minimum Gasteiger partial charge on any atom is -0.497 e. The molecule has 3 heterocycles. The van der Waals surface area contributed by atoms with Gasteiger partial charge in [0, 0.05) is 0 Å². The summed E-state index contributed by atoms with van der Waals surface area (Å²) in [6.45, 7) is 0.0603. The van der Waals surface area contributed by atoms with E-state index in [2.05, 4.69) is 15.0 Å². The van der Waals surface area contributed by atoms with Crippen molar-refractivity contribution in [1.82, 2.24) is 19.5 Å². The van der Waals surface area contributed by atoms with E-state index in [0.717, 1.165) is 0 Å². The first-order valence-electron chi connectivity index (χ1n) is 8.30. The summed E-state index contributed by atoms with van der Waals surface area (Å²) in [5.41, 5.74) is 6.60. The minimum atomic E-state index is -1.18. The van der Waals surface area contributed by atoms with E-state index in [-0.39, 0.29) is 12.4 Å². The van der Waals surface area contributed by atoms with Gasteiger partial charge in [-0.25, -0.2) is 15.0 Å². The van der Waals surface area contributed by atoms with Crippen molar-refractivity contribution in [1.29, 1.82) is 0 Å². The third kappa shape index (κ3) is 3.14. The van der Waals surface area contributed by atoms with Gasteiger partial charge in [0.15, 0.2) is 17.7 Å². The Labute approximate surface area is 154 Å². The molecule has 142 valence electrons. The number of hydrogen-bond donors (Lipinski definition) is 3. The molecule has 1 aliphatic heterocycles. The highest BCUT2D eigenvalue weighted by Gasteiger charge is 2.44. The number of aromatic nitrogens is 4. The molecule has 2 aromatic heterocycles. The van der Waals surface area contributed by atoms with Crippen LogP contribution >= 0.6 is 0 Å². The van der Waals surface area contributed by atoms with E-state index in [0.29, 0.717) is 22.7 Å². The Hall–Kier alpha value is -2.95. The molecular weight excluding hydrogens is 354 g/mol. The fourth-order valence-electron chi connectivity index (χ4n) is 3.00.